The highest BCUT2D eigenvalue weighted by molar-refractivity contribution is 7.89. The summed E-state index contributed by atoms with van der Waals surface area (Å²) in [6.07, 6.45) is 0. The Kier molecular flexibility index (Phi) is 7.96. The standard InChI is InChI=1S/C28H33N3O4S/c1-22-7-13-27(14-8-22)36(33,34)31(20-24-6-4-5-23(2)19-24)21-28(32)30-17-15-29(16-18-30)25-9-11-26(35-3)12-10-25/h4-14,19H,15-18,20-21H2,1-3H3. The summed E-state index contributed by atoms with van der Waals surface area (Å²) in [5.74, 6) is 0.615. The molecule has 0 N–H and O–H groups in total. The second kappa shape index (κ2) is 11.1. The molecule has 0 aliphatic carbocycles. The third-order valence-electron chi connectivity index (χ3n) is 6.48. The van der Waals surface area contributed by atoms with Gasteiger partial charge >= 0.3 is 0 Å². The molecule has 190 valence electrons. The SMILES string of the molecule is COc1ccc(N2CCN(C(=O)CN(Cc3cccc(C)c3)S(=O)(=O)c3ccc(C)cc3)CC2)cc1. The maximum atomic E-state index is 13.6. The Balaban J connectivity index is 1.48. The zero-order valence-corrected chi connectivity index (χ0v) is 21.9. The van der Waals surface area contributed by atoms with Crippen molar-refractivity contribution in [3.8, 4) is 5.75 Å². The number of hydrogen-bond donors (Lipinski definition) is 0. The summed E-state index contributed by atoms with van der Waals surface area (Å²) >= 11 is 0. The van der Waals surface area contributed by atoms with Crippen LogP contribution in [0.25, 0.3) is 0 Å². The Bertz CT molecular complexity index is 1280. The number of hydrogen-bond acceptors (Lipinski definition) is 5. The number of aryl methyl sites for hydroxylation is 2. The Morgan fingerprint density at radius 3 is 2.17 bits per heavy atom. The Labute approximate surface area is 214 Å². The molecule has 0 saturated carbocycles. The van der Waals surface area contributed by atoms with Gasteiger partial charge in [-0.15, -0.1) is 0 Å². The number of anilines is 1. The summed E-state index contributed by atoms with van der Waals surface area (Å²) in [6.45, 7) is 6.25. The van der Waals surface area contributed by atoms with E-state index in [1.165, 1.54) is 4.31 Å². The number of amides is 1. The largest absolute Gasteiger partial charge is 0.497 e. The lowest BCUT2D eigenvalue weighted by atomic mass is 10.1. The van der Waals surface area contributed by atoms with Crippen LogP contribution in [0.15, 0.2) is 77.7 Å². The van der Waals surface area contributed by atoms with Crippen LogP contribution in [0, 0.1) is 13.8 Å². The van der Waals surface area contributed by atoms with E-state index in [9.17, 15) is 13.2 Å². The summed E-state index contributed by atoms with van der Waals surface area (Å²) < 4.78 is 33.7. The van der Waals surface area contributed by atoms with Gasteiger partial charge in [0, 0.05) is 38.4 Å². The molecular weight excluding hydrogens is 474 g/mol. The van der Waals surface area contributed by atoms with E-state index in [1.807, 2.05) is 62.4 Å². The predicted molar refractivity (Wildman–Crippen MR) is 142 cm³/mol. The summed E-state index contributed by atoms with van der Waals surface area (Å²) in [6, 6.07) is 22.3. The van der Waals surface area contributed by atoms with Gasteiger partial charge in [-0.25, -0.2) is 8.42 Å². The number of carbonyl (C=O) groups is 1. The molecule has 36 heavy (non-hydrogen) atoms. The first kappa shape index (κ1) is 25.7. The fourth-order valence-electron chi connectivity index (χ4n) is 4.36. The van der Waals surface area contributed by atoms with Crippen LogP contribution in [0.2, 0.25) is 0 Å². The van der Waals surface area contributed by atoms with Gasteiger partial charge in [-0.1, -0.05) is 47.5 Å². The Morgan fingerprint density at radius 1 is 0.889 bits per heavy atom. The normalized spacial score (nSPS) is 14.2. The number of piperazine rings is 1. The molecule has 0 unspecified atom stereocenters. The van der Waals surface area contributed by atoms with Crippen LogP contribution in [0.5, 0.6) is 5.75 Å². The fourth-order valence-corrected chi connectivity index (χ4v) is 5.73. The molecule has 1 amide bonds. The number of ether oxygens (including phenoxy) is 1. The fraction of sp³-hybridized carbons (Fsp3) is 0.321. The van der Waals surface area contributed by atoms with Crippen molar-refractivity contribution in [1.82, 2.24) is 9.21 Å². The Hall–Kier alpha value is -3.36. The minimum Gasteiger partial charge on any atom is -0.497 e. The highest BCUT2D eigenvalue weighted by Gasteiger charge is 2.30. The second-order valence-corrected chi connectivity index (χ2v) is 11.1. The zero-order chi connectivity index (χ0) is 25.7. The lowest BCUT2D eigenvalue weighted by molar-refractivity contribution is -0.131. The average molecular weight is 508 g/mol. The van der Waals surface area contributed by atoms with E-state index in [0.29, 0.717) is 26.2 Å². The zero-order valence-electron chi connectivity index (χ0n) is 21.1. The van der Waals surface area contributed by atoms with Crippen molar-refractivity contribution in [1.29, 1.82) is 0 Å². The molecule has 1 saturated heterocycles. The third-order valence-corrected chi connectivity index (χ3v) is 8.29. The van der Waals surface area contributed by atoms with E-state index < -0.39 is 10.0 Å². The van der Waals surface area contributed by atoms with Crippen molar-refractivity contribution in [3.63, 3.8) is 0 Å². The van der Waals surface area contributed by atoms with E-state index in [4.69, 9.17) is 4.74 Å². The van der Waals surface area contributed by atoms with Gasteiger partial charge in [0.05, 0.1) is 18.6 Å². The van der Waals surface area contributed by atoms with Crippen molar-refractivity contribution in [2.75, 3.05) is 44.7 Å². The summed E-state index contributed by atoms with van der Waals surface area (Å²) in [5, 5.41) is 0. The maximum absolute atomic E-state index is 13.6. The first-order valence-electron chi connectivity index (χ1n) is 12.1. The molecule has 0 bridgehead atoms. The molecule has 1 aliphatic rings. The molecule has 1 fully saturated rings. The van der Waals surface area contributed by atoms with Gasteiger partial charge in [0.15, 0.2) is 0 Å². The third kappa shape index (κ3) is 6.06. The van der Waals surface area contributed by atoms with Crippen molar-refractivity contribution in [2.45, 2.75) is 25.3 Å². The molecule has 0 aromatic heterocycles. The average Bonchev–Trinajstić information content (AvgIpc) is 2.89. The van der Waals surface area contributed by atoms with Crippen LogP contribution < -0.4 is 9.64 Å². The molecule has 3 aromatic carbocycles. The van der Waals surface area contributed by atoms with E-state index in [1.54, 1.807) is 36.3 Å². The predicted octanol–water partition coefficient (Wildman–Crippen LogP) is 3.85. The van der Waals surface area contributed by atoms with E-state index in [-0.39, 0.29) is 23.9 Å². The van der Waals surface area contributed by atoms with Crippen molar-refractivity contribution < 1.29 is 17.9 Å². The van der Waals surface area contributed by atoms with Crippen LogP contribution in [0.4, 0.5) is 5.69 Å². The van der Waals surface area contributed by atoms with Gasteiger partial charge in [0.1, 0.15) is 5.75 Å². The first-order chi connectivity index (χ1) is 17.3. The molecule has 4 rings (SSSR count). The monoisotopic (exact) mass is 507 g/mol. The van der Waals surface area contributed by atoms with Gasteiger partial charge in [0.2, 0.25) is 15.9 Å². The van der Waals surface area contributed by atoms with Gasteiger partial charge in [-0.05, 0) is 55.8 Å². The molecule has 0 radical (unpaired) electrons. The molecule has 0 spiro atoms. The van der Waals surface area contributed by atoms with Gasteiger partial charge in [-0.3, -0.25) is 4.79 Å². The van der Waals surface area contributed by atoms with E-state index >= 15 is 0 Å². The molecule has 1 aliphatic heterocycles. The molecule has 0 atom stereocenters. The first-order valence-corrected chi connectivity index (χ1v) is 13.5. The number of sulfonamides is 1. The minimum absolute atomic E-state index is 0.134. The van der Waals surface area contributed by atoms with Crippen LogP contribution in [0.3, 0.4) is 0 Å². The summed E-state index contributed by atoms with van der Waals surface area (Å²) in [5.41, 5.74) is 3.94. The molecule has 8 heteroatoms. The van der Waals surface area contributed by atoms with E-state index in [0.717, 1.165) is 28.1 Å². The van der Waals surface area contributed by atoms with Crippen molar-refractivity contribution in [3.05, 3.63) is 89.5 Å². The highest BCUT2D eigenvalue weighted by atomic mass is 32.2. The summed E-state index contributed by atoms with van der Waals surface area (Å²) in [4.78, 5) is 17.5. The molecule has 3 aromatic rings. The van der Waals surface area contributed by atoms with Crippen molar-refractivity contribution >= 4 is 21.6 Å². The minimum atomic E-state index is -3.86. The quantitative estimate of drug-likeness (QED) is 0.463. The second-order valence-electron chi connectivity index (χ2n) is 9.14. The maximum Gasteiger partial charge on any atom is 0.243 e. The topological polar surface area (TPSA) is 70.2 Å². The molecular formula is C28H33N3O4S. The lowest BCUT2D eigenvalue weighted by Gasteiger charge is -2.37. The van der Waals surface area contributed by atoms with Crippen LogP contribution in [-0.4, -0.2) is 63.4 Å². The van der Waals surface area contributed by atoms with Crippen LogP contribution in [-0.2, 0) is 21.4 Å². The van der Waals surface area contributed by atoms with Crippen LogP contribution in [0.1, 0.15) is 16.7 Å². The number of carbonyl (C=O) groups excluding carboxylic acids is 1. The van der Waals surface area contributed by atoms with Gasteiger partial charge in [0.25, 0.3) is 0 Å². The molecule has 1 heterocycles. The van der Waals surface area contributed by atoms with Crippen LogP contribution >= 0.6 is 0 Å². The highest BCUT2D eigenvalue weighted by Crippen LogP contribution is 2.22. The Morgan fingerprint density at radius 2 is 1.56 bits per heavy atom. The van der Waals surface area contributed by atoms with Gasteiger partial charge < -0.3 is 14.5 Å². The smallest absolute Gasteiger partial charge is 0.243 e. The molecule has 7 nitrogen and oxygen atoms in total. The lowest BCUT2D eigenvalue weighted by Crippen LogP contribution is -2.51. The van der Waals surface area contributed by atoms with Gasteiger partial charge in [-0.2, -0.15) is 4.31 Å². The number of methoxy groups -OCH3 is 1. The number of rotatable bonds is 8. The summed E-state index contributed by atoms with van der Waals surface area (Å²) in [7, 11) is -2.22. The van der Waals surface area contributed by atoms with Crippen molar-refractivity contribution in [2.24, 2.45) is 0 Å². The number of nitrogens with zero attached hydrogens (tertiary/aromatic N) is 3. The number of benzene rings is 3. The van der Waals surface area contributed by atoms with E-state index in [2.05, 4.69) is 4.90 Å².